The highest BCUT2D eigenvalue weighted by molar-refractivity contribution is 5.55. The van der Waals surface area contributed by atoms with Crippen LogP contribution in [0.4, 0.5) is 5.69 Å². The van der Waals surface area contributed by atoms with E-state index in [2.05, 4.69) is 29.8 Å². The monoisotopic (exact) mass is 207 g/mol. The zero-order valence-corrected chi connectivity index (χ0v) is 10.2. The predicted molar refractivity (Wildman–Crippen MR) is 65.2 cm³/mol. The van der Waals surface area contributed by atoms with E-state index < -0.39 is 0 Å². The molecule has 0 amide bonds. The average Bonchev–Trinajstić information content (AvgIpc) is 2.19. The molecule has 1 rings (SSSR count). The standard InChI is InChI=1S/C12H21N3/c1-5-15(6-2)12-7-9(3)14-10(4)11(12)8-13/h7H,5-6,8,13H2,1-4H3. The van der Waals surface area contributed by atoms with Gasteiger partial charge in [-0.05, 0) is 33.8 Å². The summed E-state index contributed by atoms with van der Waals surface area (Å²) in [6.45, 7) is 11.0. The molecule has 15 heavy (non-hydrogen) atoms. The molecule has 0 saturated carbocycles. The number of rotatable bonds is 4. The zero-order chi connectivity index (χ0) is 11.4. The van der Waals surface area contributed by atoms with Crippen molar-refractivity contribution >= 4 is 5.69 Å². The van der Waals surface area contributed by atoms with Gasteiger partial charge in [0.1, 0.15) is 0 Å². The first-order chi connectivity index (χ1) is 7.13. The molecule has 0 aliphatic carbocycles. The summed E-state index contributed by atoms with van der Waals surface area (Å²) < 4.78 is 0. The minimum absolute atomic E-state index is 0.560. The van der Waals surface area contributed by atoms with Gasteiger partial charge < -0.3 is 10.6 Å². The summed E-state index contributed by atoms with van der Waals surface area (Å²) >= 11 is 0. The normalized spacial score (nSPS) is 10.5. The van der Waals surface area contributed by atoms with Gasteiger partial charge in [0.25, 0.3) is 0 Å². The molecule has 0 saturated heterocycles. The van der Waals surface area contributed by atoms with Crippen LogP contribution in [0.15, 0.2) is 6.07 Å². The number of aryl methyl sites for hydroxylation is 2. The Morgan fingerprint density at radius 1 is 1.27 bits per heavy atom. The van der Waals surface area contributed by atoms with Crippen LogP contribution in [0.25, 0.3) is 0 Å². The molecule has 0 spiro atoms. The summed E-state index contributed by atoms with van der Waals surface area (Å²) in [4.78, 5) is 6.77. The van der Waals surface area contributed by atoms with Crippen molar-refractivity contribution in [3.63, 3.8) is 0 Å². The van der Waals surface area contributed by atoms with Crippen LogP contribution in [-0.2, 0) is 6.54 Å². The molecule has 0 fully saturated rings. The Kier molecular flexibility index (Phi) is 4.09. The summed E-state index contributed by atoms with van der Waals surface area (Å²) in [6, 6.07) is 2.13. The molecule has 1 heterocycles. The zero-order valence-electron chi connectivity index (χ0n) is 10.2. The van der Waals surface area contributed by atoms with Gasteiger partial charge in [0, 0.05) is 42.3 Å². The number of hydrogen-bond donors (Lipinski definition) is 1. The first-order valence-electron chi connectivity index (χ1n) is 5.56. The van der Waals surface area contributed by atoms with Crippen LogP contribution in [0.1, 0.15) is 30.8 Å². The summed E-state index contributed by atoms with van der Waals surface area (Å²) in [5, 5.41) is 0. The molecule has 3 heteroatoms. The number of hydrogen-bond acceptors (Lipinski definition) is 3. The van der Waals surface area contributed by atoms with E-state index in [0.717, 1.165) is 24.5 Å². The second-order valence-electron chi connectivity index (χ2n) is 3.72. The van der Waals surface area contributed by atoms with Crippen LogP contribution in [0.5, 0.6) is 0 Å². The van der Waals surface area contributed by atoms with Crippen LogP contribution in [0.2, 0.25) is 0 Å². The maximum absolute atomic E-state index is 5.78. The first kappa shape index (κ1) is 12.0. The molecular formula is C12H21N3. The molecule has 2 N–H and O–H groups in total. The third kappa shape index (κ3) is 2.48. The van der Waals surface area contributed by atoms with Crippen LogP contribution < -0.4 is 10.6 Å². The smallest absolute Gasteiger partial charge is 0.0448 e. The third-order valence-electron chi connectivity index (χ3n) is 2.74. The van der Waals surface area contributed by atoms with Gasteiger partial charge in [0.2, 0.25) is 0 Å². The Bertz CT molecular complexity index is 330. The van der Waals surface area contributed by atoms with E-state index >= 15 is 0 Å². The van der Waals surface area contributed by atoms with E-state index in [1.807, 2.05) is 13.8 Å². The highest BCUT2D eigenvalue weighted by Crippen LogP contribution is 2.23. The van der Waals surface area contributed by atoms with Crippen LogP contribution in [0, 0.1) is 13.8 Å². The molecule has 0 aliphatic heterocycles. The maximum Gasteiger partial charge on any atom is 0.0448 e. The van der Waals surface area contributed by atoms with Gasteiger partial charge in [0.15, 0.2) is 0 Å². The second-order valence-corrected chi connectivity index (χ2v) is 3.72. The SMILES string of the molecule is CCN(CC)c1cc(C)nc(C)c1CN. The number of pyridine rings is 1. The Morgan fingerprint density at radius 2 is 1.87 bits per heavy atom. The second kappa shape index (κ2) is 5.12. The molecule has 84 valence electrons. The van der Waals surface area contributed by atoms with E-state index in [1.54, 1.807) is 0 Å². The Hall–Kier alpha value is -1.09. The third-order valence-corrected chi connectivity index (χ3v) is 2.74. The minimum Gasteiger partial charge on any atom is -0.372 e. The fourth-order valence-corrected chi connectivity index (χ4v) is 1.93. The van der Waals surface area contributed by atoms with Crippen molar-refractivity contribution in [1.82, 2.24) is 4.98 Å². The van der Waals surface area contributed by atoms with E-state index in [9.17, 15) is 0 Å². The number of nitrogens with two attached hydrogens (primary N) is 1. The predicted octanol–water partition coefficient (Wildman–Crippen LogP) is 2.00. The summed E-state index contributed by atoms with van der Waals surface area (Å²) in [6.07, 6.45) is 0. The molecule has 3 nitrogen and oxygen atoms in total. The van der Waals surface area contributed by atoms with Gasteiger partial charge in [-0.1, -0.05) is 0 Å². The molecule has 0 bridgehead atoms. The quantitative estimate of drug-likeness (QED) is 0.821. The molecule has 0 aromatic carbocycles. The fraction of sp³-hybridized carbons (Fsp3) is 0.583. The minimum atomic E-state index is 0.560. The van der Waals surface area contributed by atoms with Crippen molar-refractivity contribution in [2.45, 2.75) is 34.2 Å². The van der Waals surface area contributed by atoms with E-state index in [1.165, 1.54) is 11.3 Å². The summed E-state index contributed by atoms with van der Waals surface area (Å²) in [7, 11) is 0. The van der Waals surface area contributed by atoms with Gasteiger partial charge >= 0.3 is 0 Å². The van der Waals surface area contributed by atoms with E-state index in [0.29, 0.717) is 6.54 Å². The topological polar surface area (TPSA) is 42.2 Å². The van der Waals surface area contributed by atoms with Crippen LogP contribution in [-0.4, -0.2) is 18.1 Å². The lowest BCUT2D eigenvalue weighted by molar-refractivity contribution is 0.842. The maximum atomic E-state index is 5.78. The first-order valence-corrected chi connectivity index (χ1v) is 5.56. The van der Waals surface area contributed by atoms with Crippen LogP contribution in [0.3, 0.4) is 0 Å². The van der Waals surface area contributed by atoms with Gasteiger partial charge in [0.05, 0.1) is 0 Å². The summed E-state index contributed by atoms with van der Waals surface area (Å²) in [5.74, 6) is 0. The Labute approximate surface area is 92.3 Å². The molecule has 1 aromatic rings. The highest BCUT2D eigenvalue weighted by Gasteiger charge is 2.11. The molecule has 1 aromatic heterocycles. The molecular weight excluding hydrogens is 186 g/mol. The number of anilines is 1. The van der Waals surface area contributed by atoms with Crippen molar-refractivity contribution in [1.29, 1.82) is 0 Å². The average molecular weight is 207 g/mol. The van der Waals surface area contributed by atoms with Gasteiger partial charge in [-0.2, -0.15) is 0 Å². The summed E-state index contributed by atoms with van der Waals surface area (Å²) in [5.41, 5.74) is 10.3. The molecule has 0 radical (unpaired) electrons. The number of aromatic nitrogens is 1. The van der Waals surface area contributed by atoms with Gasteiger partial charge in [-0.25, -0.2) is 0 Å². The fourth-order valence-electron chi connectivity index (χ4n) is 1.93. The lowest BCUT2D eigenvalue weighted by Gasteiger charge is -2.25. The largest absolute Gasteiger partial charge is 0.372 e. The molecule has 0 unspecified atom stereocenters. The van der Waals surface area contributed by atoms with Crippen LogP contribution >= 0.6 is 0 Å². The van der Waals surface area contributed by atoms with Gasteiger partial charge in [-0.3, -0.25) is 4.98 Å². The Balaban J connectivity index is 3.24. The van der Waals surface area contributed by atoms with Crippen molar-refractivity contribution in [2.75, 3.05) is 18.0 Å². The van der Waals surface area contributed by atoms with Gasteiger partial charge in [-0.15, -0.1) is 0 Å². The molecule has 0 atom stereocenters. The highest BCUT2D eigenvalue weighted by atomic mass is 15.1. The van der Waals surface area contributed by atoms with Crippen molar-refractivity contribution in [2.24, 2.45) is 5.73 Å². The van der Waals surface area contributed by atoms with E-state index in [4.69, 9.17) is 5.73 Å². The lowest BCUT2D eigenvalue weighted by atomic mass is 10.1. The molecule has 0 aliphatic rings. The van der Waals surface area contributed by atoms with Crippen molar-refractivity contribution < 1.29 is 0 Å². The lowest BCUT2D eigenvalue weighted by Crippen LogP contribution is -2.24. The van der Waals surface area contributed by atoms with Crippen molar-refractivity contribution in [3.8, 4) is 0 Å². The Morgan fingerprint density at radius 3 is 2.33 bits per heavy atom. The van der Waals surface area contributed by atoms with E-state index in [-0.39, 0.29) is 0 Å². The van der Waals surface area contributed by atoms with Crippen molar-refractivity contribution in [3.05, 3.63) is 23.0 Å². The number of nitrogens with zero attached hydrogens (tertiary/aromatic N) is 2.